The second kappa shape index (κ2) is 9.70. The number of carboxylic acid groups (broad SMARTS) is 1. The van der Waals surface area contributed by atoms with Gasteiger partial charge in [-0.3, -0.25) is 4.79 Å². The molecule has 0 unspecified atom stereocenters. The Bertz CT molecular complexity index is 757. The highest BCUT2D eigenvalue weighted by atomic mass is 16.5. The second-order valence-corrected chi connectivity index (χ2v) is 6.24. The van der Waals surface area contributed by atoms with Gasteiger partial charge < -0.3 is 19.7 Å². The standard InChI is InChI=1S/C19H25N3O5/c1-4-12(3)17(19(24)25)20-15(23)10-11-16-21-18(22-27-16)13-6-8-14(9-7-13)26-5-2/h6-9,12,17H,4-5,10-11H2,1-3H3,(H,20,23)(H,24,25)/t12-,17-/m0/s1. The number of nitrogens with zero attached hydrogens (tertiary/aromatic N) is 2. The van der Waals surface area contributed by atoms with Gasteiger partial charge in [0.05, 0.1) is 6.61 Å². The molecule has 0 radical (unpaired) electrons. The second-order valence-electron chi connectivity index (χ2n) is 6.24. The summed E-state index contributed by atoms with van der Waals surface area (Å²) in [5.74, 6) is -0.0326. The van der Waals surface area contributed by atoms with Crippen LogP contribution in [-0.2, 0) is 16.0 Å². The van der Waals surface area contributed by atoms with Gasteiger partial charge in [0.25, 0.3) is 0 Å². The molecule has 2 N–H and O–H groups in total. The third kappa shape index (κ3) is 5.80. The van der Waals surface area contributed by atoms with Crippen LogP contribution in [0.4, 0.5) is 0 Å². The molecule has 0 aliphatic rings. The number of ether oxygens (including phenoxy) is 1. The number of benzene rings is 1. The van der Waals surface area contributed by atoms with Crippen LogP contribution in [0.1, 0.15) is 39.5 Å². The van der Waals surface area contributed by atoms with Crippen LogP contribution in [-0.4, -0.2) is 39.8 Å². The molecule has 0 fully saturated rings. The summed E-state index contributed by atoms with van der Waals surface area (Å²) in [6.07, 6.45) is 0.972. The van der Waals surface area contributed by atoms with Crippen molar-refractivity contribution in [1.29, 1.82) is 0 Å². The highest BCUT2D eigenvalue weighted by molar-refractivity contribution is 5.83. The van der Waals surface area contributed by atoms with E-state index in [0.29, 0.717) is 24.7 Å². The van der Waals surface area contributed by atoms with Gasteiger partial charge in [-0.15, -0.1) is 0 Å². The Balaban J connectivity index is 1.91. The first kappa shape index (κ1) is 20.4. The molecule has 8 nitrogen and oxygen atoms in total. The number of carbonyl (C=O) groups excluding carboxylic acids is 1. The molecule has 1 heterocycles. The van der Waals surface area contributed by atoms with Crippen LogP contribution in [0.25, 0.3) is 11.4 Å². The Hall–Kier alpha value is -2.90. The molecular weight excluding hydrogens is 350 g/mol. The summed E-state index contributed by atoms with van der Waals surface area (Å²) < 4.78 is 10.6. The molecular formula is C19H25N3O5. The monoisotopic (exact) mass is 375 g/mol. The van der Waals surface area contributed by atoms with Crippen LogP contribution in [0.2, 0.25) is 0 Å². The molecule has 0 aliphatic heterocycles. The zero-order valence-corrected chi connectivity index (χ0v) is 15.8. The van der Waals surface area contributed by atoms with Crippen molar-refractivity contribution in [3.05, 3.63) is 30.2 Å². The highest BCUT2D eigenvalue weighted by Crippen LogP contribution is 2.20. The maximum Gasteiger partial charge on any atom is 0.326 e. The van der Waals surface area contributed by atoms with Gasteiger partial charge in [-0.25, -0.2) is 4.79 Å². The molecule has 146 valence electrons. The lowest BCUT2D eigenvalue weighted by molar-refractivity contribution is -0.143. The van der Waals surface area contributed by atoms with Crippen LogP contribution in [0.15, 0.2) is 28.8 Å². The Morgan fingerprint density at radius 1 is 1.26 bits per heavy atom. The van der Waals surface area contributed by atoms with E-state index in [1.165, 1.54) is 0 Å². The maximum atomic E-state index is 12.0. The van der Waals surface area contributed by atoms with Gasteiger partial charge >= 0.3 is 5.97 Å². The van der Waals surface area contributed by atoms with Gasteiger partial charge in [-0.1, -0.05) is 25.4 Å². The van der Waals surface area contributed by atoms with Crippen LogP contribution in [0.5, 0.6) is 5.75 Å². The summed E-state index contributed by atoms with van der Waals surface area (Å²) in [6, 6.07) is 6.41. The Morgan fingerprint density at radius 3 is 2.56 bits per heavy atom. The number of hydrogen-bond donors (Lipinski definition) is 2. The van der Waals surface area contributed by atoms with Crippen molar-refractivity contribution in [3.63, 3.8) is 0 Å². The maximum absolute atomic E-state index is 12.0. The van der Waals surface area contributed by atoms with E-state index in [4.69, 9.17) is 9.26 Å². The van der Waals surface area contributed by atoms with E-state index >= 15 is 0 Å². The fourth-order valence-corrected chi connectivity index (χ4v) is 2.49. The van der Waals surface area contributed by atoms with E-state index in [9.17, 15) is 14.7 Å². The lowest BCUT2D eigenvalue weighted by atomic mass is 9.99. The van der Waals surface area contributed by atoms with Gasteiger partial charge in [0.15, 0.2) is 0 Å². The fourth-order valence-electron chi connectivity index (χ4n) is 2.49. The first-order valence-electron chi connectivity index (χ1n) is 9.02. The van der Waals surface area contributed by atoms with Gasteiger partial charge in [0.2, 0.25) is 17.6 Å². The summed E-state index contributed by atoms with van der Waals surface area (Å²) in [5.41, 5.74) is 0.778. The number of hydrogen-bond acceptors (Lipinski definition) is 6. The Morgan fingerprint density at radius 2 is 1.96 bits per heavy atom. The van der Waals surface area contributed by atoms with Crippen LogP contribution in [0, 0.1) is 5.92 Å². The number of aliphatic carboxylic acids is 1. The predicted octanol–water partition coefficient (Wildman–Crippen LogP) is 2.68. The Kier molecular flexibility index (Phi) is 7.34. The van der Waals surface area contributed by atoms with Crippen molar-refractivity contribution < 1.29 is 24.0 Å². The predicted molar refractivity (Wildman–Crippen MR) is 98.2 cm³/mol. The van der Waals surface area contributed by atoms with E-state index in [0.717, 1.165) is 11.3 Å². The average molecular weight is 375 g/mol. The molecule has 1 amide bonds. The lowest BCUT2D eigenvalue weighted by Gasteiger charge is -2.19. The topological polar surface area (TPSA) is 115 Å². The van der Waals surface area contributed by atoms with Crippen molar-refractivity contribution >= 4 is 11.9 Å². The normalized spacial score (nSPS) is 13.0. The molecule has 0 aliphatic carbocycles. The quantitative estimate of drug-likeness (QED) is 0.656. The lowest BCUT2D eigenvalue weighted by Crippen LogP contribution is -2.45. The number of aryl methyl sites for hydroxylation is 1. The SMILES string of the molecule is CCOc1ccc(-c2noc(CCC(=O)N[C@H](C(=O)O)[C@@H](C)CC)n2)cc1. The summed E-state index contributed by atoms with van der Waals surface area (Å²) in [5, 5.41) is 15.7. The molecule has 0 spiro atoms. The first-order chi connectivity index (χ1) is 12.9. The molecule has 2 aromatic rings. The number of amides is 1. The van der Waals surface area contributed by atoms with Crippen LogP contribution >= 0.6 is 0 Å². The van der Waals surface area contributed by atoms with Gasteiger partial charge in [0.1, 0.15) is 11.8 Å². The minimum Gasteiger partial charge on any atom is -0.494 e. The van der Waals surface area contributed by atoms with Crippen LogP contribution < -0.4 is 10.1 Å². The number of nitrogens with one attached hydrogen (secondary N) is 1. The largest absolute Gasteiger partial charge is 0.494 e. The zero-order valence-electron chi connectivity index (χ0n) is 15.8. The number of aromatic nitrogens is 2. The van der Waals surface area contributed by atoms with Crippen LogP contribution in [0.3, 0.4) is 0 Å². The number of carbonyl (C=O) groups is 2. The minimum atomic E-state index is -1.03. The smallest absolute Gasteiger partial charge is 0.326 e. The van der Waals surface area contributed by atoms with Crippen molar-refractivity contribution in [2.45, 2.75) is 46.1 Å². The molecule has 1 aromatic carbocycles. The first-order valence-corrected chi connectivity index (χ1v) is 9.02. The zero-order chi connectivity index (χ0) is 19.8. The average Bonchev–Trinajstić information content (AvgIpc) is 3.13. The van der Waals surface area contributed by atoms with Crippen molar-refractivity contribution in [2.75, 3.05) is 6.61 Å². The summed E-state index contributed by atoms with van der Waals surface area (Å²) in [7, 11) is 0. The summed E-state index contributed by atoms with van der Waals surface area (Å²) in [6.45, 7) is 6.18. The molecule has 8 heteroatoms. The molecule has 0 bridgehead atoms. The molecule has 1 aromatic heterocycles. The molecule has 0 saturated heterocycles. The van der Waals surface area contributed by atoms with E-state index in [-0.39, 0.29) is 24.7 Å². The number of rotatable bonds is 10. The third-order valence-corrected chi connectivity index (χ3v) is 4.25. The van der Waals surface area contributed by atoms with Crippen molar-refractivity contribution in [2.24, 2.45) is 5.92 Å². The van der Waals surface area contributed by atoms with Crippen molar-refractivity contribution in [3.8, 4) is 17.1 Å². The highest BCUT2D eigenvalue weighted by Gasteiger charge is 2.25. The molecule has 2 atom stereocenters. The summed E-state index contributed by atoms with van der Waals surface area (Å²) in [4.78, 5) is 27.6. The Labute approximate surface area is 157 Å². The van der Waals surface area contributed by atoms with Gasteiger partial charge in [-0.2, -0.15) is 4.98 Å². The van der Waals surface area contributed by atoms with E-state index in [2.05, 4.69) is 15.5 Å². The van der Waals surface area contributed by atoms with E-state index in [1.807, 2.05) is 38.1 Å². The third-order valence-electron chi connectivity index (χ3n) is 4.25. The number of carboxylic acids is 1. The van der Waals surface area contributed by atoms with Gasteiger partial charge in [0, 0.05) is 18.4 Å². The molecule has 27 heavy (non-hydrogen) atoms. The minimum absolute atomic E-state index is 0.0745. The van der Waals surface area contributed by atoms with E-state index < -0.39 is 12.0 Å². The molecule has 0 saturated carbocycles. The van der Waals surface area contributed by atoms with Crippen molar-refractivity contribution in [1.82, 2.24) is 15.5 Å². The van der Waals surface area contributed by atoms with Gasteiger partial charge in [-0.05, 0) is 37.1 Å². The molecule has 2 rings (SSSR count). The summed E-state index contributed by atoms with van der Waals surface area (Å²) >= 11 is 0. The fraction of sp³-hybridized carbons (Fsp3) is 0.474. The van der Waals surface area contributed by atoms with E-state index in [1.54, 1.807) is 6.92 Å².